The summed E-state index contributed by atoms with van der Waals surface area (Å²) in [5, 5.41) is 5.40. The van der Waals surface area contributed by atoms with Crippen molar-refractivity contribution in [2.45, 2.75) is 116 Å². The number of benzene rings is 1. The number of aromatic nitrogens is 4. The predicted molar refractivity (Wildman–Crippen MR) is 220 cm³/mol. The zero-order valence-corrected chi connectivity index (χ0v) is 35.0. The molecule has 59 heavy (non-hydrogen) atoms. The molecule has 0 unspecified atom stereocenters. The lowest BCUT2D eigenvalue weighted by Crippen LogP contribution is -2.51. The Kier molecular flexibility index (Phi) is 12.4. The van der Waals surface area contributed by atoms with Crippen LogP contribution in [0.3, 0.4) is 0 Å². The fourth-order valence-corrected chi connectivity index (χ4v) is 9.42. The van der Waals surface area contributed by atoms with Crippen LogP contribution in [0.1, 0.15) is 136 Å². The highest BCUT2D eigenvalue weighted by molar-refractivity contribution is 5.87. The summed E-state index contributed by atoms with van der Waals surface area (Å²) in [6.07, 6.45) is 12.2. The monoisotopic (exact) mass is 804 g/mol. The van der Waals surface area contributed by atoms with Crippen LogP contribution in [-0.4, -0.2) is 93.1 Å². The van der Waals surface area contributed by atoms with Gasteiger partial charge in [0.05, 0.1) is 38.7 Å². The van der Waals surface area contributed by atoms with Gasteiger partial charge in [0.15, 0.2) is 0 Å². The summed E-state index contributed by atoms with van der Waals surface area (Å²) in [6, 6.07) is 2.28. The van der Waals surface area contributed by atoms with Gasteiger partial charge in [-0.05, 0) is 104 Å². The molecule has 3 aromatic rings. The molecule has 14 nitrogen and oxygen atoms in total. The second-order valence-corrected chi connectivity index (χ2v) is 17.1. The lowest BCUT2D eigenvalue weighted by molar-refractivity contribution is -0.136. The normalized spacial score (nSPS) is 20.1. The van der Waals surface area contributed by atoms with Crippen LogP contribution < -0.4 is 10.6 Å². The SMILES string of the molecule is COC(=O)N[C@H](C(=O)N1CCC[C@H]1c1ncc(C#Cc2ccc(C#Cc3cnc([C@@H]4CCCN4C(=O)[C@@H](NC(=O)OC)C(C)C)[nH]3)c3c2CC2(CCCC2)C3)[nH]1)C(C)C. The Labute approximate surface area is 346 Å². The van der Waals surface area contributed by atoms with Crippen molar-refractivity contribution in [3.05, 3.63) is 69.8 Å². The van der Waals surface area contributed by atoms with Gasteiger partial charge in [-0.25, -0.2) is 19.6 Å². The molecule has 4 atom stereocenters. The van der Waals surface area contributed by atoms with Crippen LogP contribution >= 0.6 is 0 Å². The molecule has 4 N–H and O–H groups in total. The van der Waals surface area contributed by atoms with Crippen molar-refractivity contribution in [3.63, 3.8) is 0 Å². The number of amides is 4. The molecule has 1 saturated carbocycles. The largest absolute Gasteiger partial charge is 0.453 e. The number of nitrogens with one attached hydrogen (secondary N) is 4. The molecule has 0 radical (unpaired) electrons. The quantitative estimate of drug-likeness (QED) is 0.211. The van der Waals surface area contributed by atoms with Gasteiger partial charge in [0.1, 0.15) is 35.1 Å². The molecule has 2 aliphatic heterocycles. The number of alkyl carbamates (subject to hydrolysis) is 2. The smallest absolute Gasteiger partial charge is 0.407 e. The Balaban J connectivity index is 1.09. The second-order valence-electron chi connectivity index (χ2n) is 17.1. The second kappa shape index (κ2) is 17.6. The molecule has 2 aromatic heterocycles. The number of aromatic amines is 2. The molecule has 4 heterocycles. The molecule has 2 saturated heterocycles. The maximum absolute atomic E-state index is 13.6. The minimum absolute atomic E-state index is 0.115. The molecule has 1 spiro atoms. The molecule has 312 valence electrons. The van der Waals surface area contributed by atoms with E-state index in [4.69, 9.17) is 9.47 Å². The molecule has 4 aliphatic rings. The van der Waals surface area contributed by atoms with E-state index in [1.807, 2.05) is 27.7 Å². The van der Waals surface area contributed by atoms with E-state index < -0.39 is 24.3 Å². The molecule has 1 aromatic carbocycles. The highest BCUT2D eigenvalue weighted by Crippen LogP contribution is 2.50. The van der Waals surface area contributed by atoms with Crippen LogP contribution in [0.4, 0.5) is 9.59 Å². The van der Waals surface area contributed by atoms with E-state index in [-0.39, 0.29) is 41.1 Å². The first-order valence-corrected chi connectivity index (χ1v) is 21.0. The van der Waals surface area contributed by atoms with Crippen molar-refractivity contribution in [3.8, 4) is 23.7 Å². The first-order valence-electron chi connectivity index (χ1n) is 21.0. The first kappa shape index (κ1) is 41.4. The van der Waals surface area contributed by atoms with E-state index in [0.717, 1.165) is 49.7 Å². The molecule has 14 heteroatoms. The van der Waals surface area contributed by atoms with Gasteiger partial charge in [-0.2, -0.15) is 0 Å². The van der Waals surface area contributed by atoms with Gasteiger partial charge in [-0.15, -0.1) is 0 Å². The van der Waals surface area contributed by atoms with Crippen molar-refractivity contribution < 1.29 is 28.7 Å². The van der Waals surface area contributed by atoms with E-state index in [1.165, 1.54) is 51.0 Å². The van der Waals surface area contributed by atoms with Gasteiger partial charge in [0.2, 0.25) is 11.8 Å². The van der Waals surface area contributed by atoms with Gasteiger partial charge < -0.3 is 39.9 Å². The van der Waals surface area contributed by atoms with E-state index in [2.05, 4.69) is 66.4 Å². The van der Waals surface area contributed by atoms with Crippen molar-refractivity contribution in [1.29, 1.82) is 0 Å². The third kappa shape index (κ3) is 8.82. The number of ether oxygens (including phenoxy) is 2. The first-order chi connectivity index (χ1) is 28.4. The number of imidazole rings is 2. The van der Waals surface area contributed by atoms with Crippen LogP contribution in [0, 0.1) is 40.9 Å². The molecular weight excluding hydrogens is 749 g/mol. The summed E-state index contributed by atoms with van der Waals surface area (Å²) in [4.78, 5) is 70.9. The lowest BCUT2D eigenvalue weighted by atomic mass is 9.83. The van der Waals surface area contributed by atoms with E-state index in [9.17, 15) is 19.2 Å². The Morgan fingerprint density at radius 3 is 1.51 bits per heavy atom. The van der Waals surface area contributed by atoms with E-state index in [1.54, 1.807) is 22.2 Å². The number of carbonyl (C=O) groups excluding carboxylic acids is 4. The number of carbonyl (C=O) groups is 4. The number of H-pyrrole nitrogens is 2. The molecule has 3 fully saturated rings. The zero-order chi connectivity index (χ0) is 41.8. The Hall–Kier alpha value is -5.76. The summed E-state index contributed by atoms with van der Waals surface area (Å²) in [6.45, 7) is 8.77. The average Bonchev–Trinajstić information content (AvgIpc) is 4.08. The number of nitrogens with zero attached hydrogens (tertiary/aromatic N) is 4. The lowest BCUT2D eigenvalue weighted by Gasteiger charge is -2.29. The Morgan fingerprint density at radius 2 is 1.12 bits per heavy atom. The number of methoxy groups -OCH3 is 2. The number of likely N-dealkylation sites (tertiary alicyclic amines) is 2. The van der Waals surface area contributed by atoms with Crippen LogP contribution in [-0.2, 0) is 31.9 Å². The van der Waals surface area contributed by atoms with Crippen LogP contribution in [0.2, 0.25) is 0 Å². The topological polar surface area (TPSA) is 175 Å². The van der Waals surface area contributed by atoms with Crippen molar-refractivity contribution >= 4 is 24.0 Å². The highest BCUT2D eigenvalue weighted by atomic mass is 16.5. The van der Waals surface area contributed by atoms with E-state index >= 15 is 0 Å². The zero-order valence-electron chi connectivity index (χ0n) is 35.0. The maximum atomic E-state index is 13.6. The van der Waals surface area contributed by atoms with Crippen molar-refractivity contribution in [2.75, 3.05) is 27.3 Å². The summed E-state index contributed by atoms with van der Waals surface area (Å²) >= 11 is 0. The molecular formula is C45H56N8O6. The minimum atomic E-state index is -0.700. The fraction of sp³-hybridized carbons (Fsp3) is 0.556. The fourth-order valence-electron chi connectivity index (χ4n) is 9.42. The predicted octanol–water partition coefficient (Wildman–Crippen LogP) is 5.68. The Morgan fingerprint density at radius 1 is 0.695 bits per heavy atom. The van der Waals surface area contributed by atoms with Gasteiger partial charge >= 0.3 is 12.2 Å². The van der Waals surface area contributed by atoms with E-state index in [0.29, 0.717) is 36.1 Å². The van der Waals surface area contributed by atoms with Crippen molar-refractivity contribution in [2.24, 2.45) is 17.3 Å². The van der Waals surface area contributed by atoms with Crippen molar-refractivity contribution in [1.82, 2.24) is 40.4 Å². The Bertz CT molecular complexity index is 2050. The third-order valence-electron chi connectivity index (χ3n) is 12.5. The third-order valence-corrected chi connectivity index (χ3v) is 12.5. The minimum Gasteiger partial charge on any atom is -0.453 e. The van der Waals surface area contributed by atoms with Crippen LogP contribution in [0.25, 0.3) is 0 Å². The maximum Gasteiger partial charge on any atom is 0.407 e. The molecule has 4 amide bonds. The summed E-state index contributed by atoms with van der Waals surface area (Å²) in [7, 11) is 2.58. The van der Waals surface area contributed by atoms with Crippen LogP contribution in [0.15, 0.2) is 24.5 Å². The number of rotatable bonds is 8. The van der Waals surface area contributed by atoms with Gasteiger partial charge in [-0.3, -0.25) is 9.59 Å². The number of fused-ring (bicyclic) bond motifs is 1. The van der Waals surface area contributed by atoms with Gasteiger partial charge in [-0.1, -0.05) is 52.4 Å². The standard InChI is InChI=1S/C45H56N8O6/c1-27(2)37(50-43(56)58-5)41(54)52-21-9-11-35(52)39-46-25-31(48-39)17-15-29-13-14-30(34-24-45(23-33(29)34)19-7-8-20-45)16-18-32-26-47-40(49-32)36-12-10-22-53(36)42(55)38(28(3)4)51-44(57)59-6/h13-14,25-28,35-38H,7-12,19-24H2,1-6H3,(H,46,48)(H,47,49)(H,50,56)(H,51,57)/t35-,36-,37-,38-/m0/s1. The number of hydrogen-bond donors (Lipinski definition) is 4. The molecule has 0 bridgehead atoms. The molecule has 7 rings (SSSR count). The van der Waals surface area contributed by atoms with Gasteiger partial charge in [0, 0.05) is 24.2 Å². The highest BCUT2D eigenvalue weighted by Gasteiger charge is 2.42. The summed E-state index contributed by atoms with van der Waals surface area (Å²) in [5.41, 5.74) is 6.11. The van der Waals surface area contributed by atoms with Crippen LogP contribution in [0.5, 0.6) is 0 Å². The van der Waals surface area contributed by atoms with Gasteiger partial charge in [0.25, 0.3) is 0 Å². The summed E-state index contributed by atoms with van der Waals surface area (Å²) in [5.74, 6) is 14.4. The summed E-state index contributed by atoms with van der Waals surface area (Å²) < 4.78 is 9.55. The molecule has 2 aliphatic carbocycles. The average molecular weight is 805 g/mol. The number of hydrogen-bond acceptors (Lipinski definition) is 8.